The van der Waals surface area contributed by atoms with Crippen molar-refractivity contribution in [3.8, 4) is 5.75 Å². The molecule has 0 radical (unpaired) electrons. The number of nitrogens with one attached hydrogen (secondary N) is 1. The minimum atomic E-state index is -0.689. The molecule has 0 aliphatic rings. The maximum absolute atomic E-state index is 12.1. The number of nitrogens with two attached hydrogens (primary N) is 1. The molecule has 4 N–H and O–H groups in total. The van der Waals surface area contributed by atoms with Gasteiger partial charge in [0.05, 0.1) is 16.8 Å². The molecule has 1 atom stereocenters. The molecule has 0 aromatic heterocycles. The molecule has 1 amide bonds. The molecular weight excluding hydrogens is 288 g/mol. The van der Waals surface area contributed by atoms with Gasteiger partial charge < -0.3 is 16.2 Å². The molecule has 21 heavy (non-hydrogen) atoms. The van der Waals surface area contributed by atoms with Crippen molar-refractivity contribution in [2.75, 3.05) is 5.32 Å². The number of hydrogen-bond donors (Lipinski definition) is 3. The Kier molecular flexibility index (Phi) is 4.83. The maximum atomic E-state index is 12.1. The van der Waals surface area contributed by atoms with Gasteiger partial charge in [0.2, 0.25) is 5.91 Å². The van der Waals surface area contributed by atoms with Crippen molar-refractivity contribution in [2.24, 2.45) is 5.73 Å². The first-order valence-electron chi connectivity index (χ1n) is 6.56. The quantitative estimate of drug-likeness (QED) is 0.813. The van der Waals surface area contributed by atoms with Gasteiger partial charge in [-0.05, 0) is 48.7 Å². The van der Waals surface area contributed by atoms with E-state index in [2.05, 4.69) is 5.32 Å². The van der Waals surface area contributed by atoms with E-state index in [-0.39, 0.29) is 11.7 Å². The largest absolute Gasteiger partial charge is 0.508 e. The van der Waals surface area contributed by atoms with Crippen LogP contribution in [0.25, 0.3) is 0 Å². The zero-order valence-corrected chi connectivity index (χ0v) is 12.4. The van der Waals surface area contributed by atoms with Gasteiger partial charge in [-0.2, -0.15) is 0 Å². The number of carbonyl (C=O) groups is 1. The first-order valence-corrected chi connectivity index (χ1v) is 6.94. The zero-order chi connectivity index (χ0) is 15.4. The zero-order valence-electron chi connectivity index (χ0n) is 11.6. The number of amides is 1. The van der Waals surface area contributed by atoms with Crippen LogP contribution in [0.15, 0.2) is 42.5 Å². The molecule has 4 nitrogen and oxygen atoms in total. The van der Waals surface area contributed by atoms with Gasteiger partial charge in [-0.15, -0.1) is 0 Å². The number of carbonyl (C=O) groups excluding carboxylic acids is 1. The van der Waals surface area contributed by atoms with Gasteiger partial charge in [0, 0.05) is 0 Å². The molecule has 0 fully saturated rings. The number of halogens is 1. The summed E-state index contributed by atoms with van der Waals surface area (Å²) in [6.07, 6.45) is 0.384. The van der Waals surface area contributed by atoms with Crippen molar-refractivity contribution < 1.29 is 9.90 Å². The van der Waals surface area contributed by atoms with E-state index in [1.54, 1.807) is 36.4 Å². The van der Waals surface area contributed by atoms with Crippen molar-refractivity contribution in [1.82, 2.24) is 0 Å². The summed E-state index contributed by atoms with van der Waals surface area (Å²) < 4.78 is 0. The van der Waals surface area contributed by atoms with Gasteiger partial charge in [0.15, 0.2) is 0 Å². The molecule has 0 bridgehead atoms. The highest BCUT2D eigenvalue weighted by Crippen LogP contribution is 2.23. The summed E-state index contributed by atoms with van der Waals surface area (Å²) in [5.74, 6) is -0.112. The second-order valence-electron chi connectivity index (χ2n) is 4.95. The summed E-state index contributed by atoms with van der Waals surface area (Å²) >= 11 is 6.04. The Morgan fingerprint density at radius 2 is 1.95 bits per heavy atom. The van der Waals surface area contributed by atoms with E-state index in [1.807, 2.05) is 13.0 Å². The Labute approximate surface area is 128 Å². The lowest BCUT2D eigenvalue weighted by Crippen LogP contribution is -2.37. The third kappa shape index (κ3) is 4.21. The normalized spacial score (nSPS) is 12.0. The molecule has 0 unspecified atom stereocenters. The molecule has 0 saturated heterocycles. The number of rotatable bonds is 4. The summed E-state index contributed by atoms with van der Waals surface area (Å²) in [6, 6.07) is 11.3. The van der Waals surface area contributed by atoms with Gasteiger partial charge in [0.1, 0.15) is 5.75 Å². The van der Waals surface area contributed by atoms with E-state index in [4.69, 9.17) is 17.3 Å². The van der Waals surface area contributed by atoms with Crippen molar-refractivity contribution in [3.63, 3.8) is 0 Å². The smallest absolute Gasteiger partial charge is 0.241 e. The predicted octanol–water partition coefficient (Wildman–Crippen LogP) is 2.86. The molecule has 0 heterocycles. The molecule has 5 heteroatoms. The third-order valence-corrected chi connectivity index (χ3v) is 3.44. The van der Waals surface area contributed by atoms with Gasteiger partial charge in [-0.1, -0.05) is 29.8 Å². The van der Waals surface area contributed by atoms with Crippen LogP contribution in [0.3, 0.4) is 0 Å². The van der Waals surface area contributed by atoms with Crippen LogP contribution >= 0.6 is 11.6 Å². The SMILES string of the molecule is Cc1ccc(Cl)c(NC(=O)[C@H](N)Cc2ccc(O)cc2)c1. The van der Waals surface area contributed by atoms with Gasteiger partial charge in [0.25, 0.3) is 0 Å². The minimum absolute atomic E-state index is 0.184. The van der Waals surface area contributed by atoms with E-state index in [0.29, 0.717) is 17.1 Å². The number of aromatic hydroxyl groups is 1. The molecule has 0 spiro atoms. The second-order valence-corrected chi connectivity index (χ2v) is 5.36. The monoisotopic (exact) mass is 304 g/mol. The van der Waals surface area contributed by atoms with Crippen molar-refractivity contribution in [2.45, 2.75) is 19.4 Å². The topological polar surface area (TPSA) is 75.4 Å². The number of hydrogen-bond acceptors (Lipinski definition) is 3. The molecule has 110 valence electrons. The summed E-state index contributed by atoms with van der Waals surface area (Å²) in [5.41, 5.74) is 8.35. The van der Waals surface area contributed by atoms with Crippen LogP contribution < -0.4 is 11.1 Å². The van der Waals surface area contributed by atoms with Crippen molar-refractivity contribution in [3.05, 3.63) is 58.6 Å². The fourth-order valence-corrected chi connectivity index (χ4v) is 2.10. The summed E-state index contributed by atoms with van der Waals surface area (Å²) in [7, 11) is 0. The Bertz CT molecular complexity index is 641. The highest BCUT2D eigenvalue weighted by Gasteiger charge is 2.15. The number of anilines is 1. The minimum Gasteiger partial charge on any atom is -0.508 e. The number of benzene rings is 2. The lowest BCUT2D eigenvalue weighted by Gasteiger charge is -2.14. The van der Waals surface area contributed by atoms with E-state index < -0.39 is 6.04 Å². The number of phenols is 1. The molecule has 0 saturated carbocycles. The number of phenolic OH excluding ortho intramolecular Hbond substituents is 1. The van der Waals surface area contributed by atoms with Gasteiger partial charge >= 0.3 is 0 Å². The average Bonchev–Trinajstić information content (AvgIpc) is 2.45. The van der Waals surface area contributed by atoms with E-state index in [1.165, 1.54) is 0 Å². The Hall–Kier alpha value is -2.04. The summed E-state index contributed by atoms with van der Waals surface area (Å²) in [6.45, 7) is 1.92. The van der Waals surface area contributed by atoms with E-state index in [9.17, 15) is 9.90 Å². The fraction of sp³-hybridized carbons (Fsp3) is 0.188. The summed E-state index contributed by atoms with van der Waals surface area (Å²) in [4.78, 5) is 12.1. The highest BCUT2D eigenvalue weighted by atomic mass is 35.5. The average molecular weight is 305 g/mol. The Morgan fingerprint density at radius 1 is 1.29 bits per heavy atom. The van der Waals surface area contributed by atoms with Gasteiger partial charge in [-0.3, -0.25) is 4.79 Å². The van der Waals surface area contributed by atoms with Crippen LogP contribution in [0.2, 0.25) is 5.02 Å². The predicted molar refractivity (Wildman–Crippen MR) is 84.6 cm³/mol. The van der Waals surface area contributed by atoms with Crippen LogP contribution in [-0.2, 0) is 11.2 Å². The summed E-state index contributed by atoms with van der Waals surface area (Å²) in [5, 5.41) is 12.4. The first-order chi connectivity index (χ1) is 9.95. The van der Waals surface area contributed by atoms with E-state index >= 15 is 0 Å². The molecule has 0 aliphatic heterocycles. The Morgan fingerprint density at radius 3 is 2.62 bits per heavy atom. The molecule has 0 aliphatic carbocycles. The third-order valence-electron chi connectivity index (χ3n) is 3.11. The molecule has 2 rings (SSSR count). The van der Waals surface area contributed by atoms with Crippen LogP contribution in [0, 0.1) is 6.92 Å². The second kappa shape index (κ2) is 6.61. The number of aryl methyl sites for hydroxylation is 1. The molecule has 2 aromatic carbocycles. The first kappa shape index (κ1) is 15.4. The van der Waals surface area contributed by atoms with Gasteiger partial charge in [-0.25, -0.2) is 0 Å². The molecular formula is C16H17ClN2O2. The van der Waals surface area contributed by atoms with Crippen LogP contribution in [-0.4, -0.2) is 17.1 Å². The van der Waals surface area contributed by atoms with Crippen LogP contribution in [0.5, 0.6) is 5.75 Å². The maximum Gasteiger partial charge on any atom is 0.241 e. The lowest BCUT2D eigenvalue weighted by atomic mass is 10.1. The fourth-order valence-electron chi connectivity index (χ4n) is 1.94. The van der Waals surface area contributed by atoms with Crippen LogP contribution in [0.4, 0.5) is 5.69 Å². The standard InChI is InChI=1S/C16H17ClN2O2/c1-10-2-7-13(17)15(8-10)19-16(21)14(18)9-11-3-5-12(20)6-4-11/h2-8,14,20H,9,18H2,1H3,(H,19,21)/t14-/m1/s1. The lowest BCUT2D eigenvalue weighted by molar-refractivity contribution is -0.117. The van der Waals surface area contributed by atoms with E-state index in [0.717, 1.165) is 11.1 Å². The van der Waals surface area contributed by atoms with Crippen molar-refractivity contribution in [1.29, 1.82) is 0 Å². The highest BCUT2D eigenvalue weighted by molar-refractivity contribution is 6.33. The van der Waals surface area contributed by atoms with Crippen LogP contribution in [0.1, 0.15) is 11.1 Å². The Balaban J connectivity index is 2.02. The molecule has 2 aromatic rings. The van der Waals surface area contributed by atoms with Crippen molar-refractivity contribution >= 4 is 23.2 Å².